The van der Waals surface area contributed by atoms with Crippen molar-refractivity contribution in [2.75, 3.05) is 5.32 Å². The van der Waals surface area contributed by atoms with Crippen LogP contribution in [0.15, 0.2) is 47.4 Å². The van der Waals surface area contributed by atoms with Gasteiger partial charge < -0.3 is 10.6 Å². The van der Waals surface area contributed by atoms with E-state index in [1.54, 1.807) is 0 Å². The van der Waals surface area contributed by atoms with Gasteiger partial charge in [0.25, 0.3) is 0 Å². The van der Waals surface area contributed by atoms with Gasteiger partial charge in [-0.2, -0.15) is 0 Å². The summed E-state index contributed by atoms with van der Waals surface area (Å²) in [6.07, 6.45) is -0.0329. The molecule has 0 fully saturated rings. The van der Waals surface area contributed by atoms with Gasteiger partial charge in [-0.25, -0.2) is 17.9 Å². The number of benzene rings is 2. The number of rotatable bonds is 4. The second-order valence-electron chi connectivity index (χ2n) is 5.94. The Morgan fingerprint density at radius 3 is 2.58 bits per heavy atom. The number of nitrogens with one attached hydrogen (secondary N) is 2. The van der Waals surface area contributed by atoms with Gasteiger partial charge in [-0.15, -0.1) is 0 Å². The molecule has 3 rings (SSSR count). The van der Waals surface area contributed by atoms with E-state index in [2.05, 4.69) is 10.6 Å². The lowest BCUT2D eigenvalue weighted by Gasteiger charge is -2.25. The van der Waals surface area contributed by atoms with Gasteiger partial charge >= 0.3 is 0 Å². The molecule has 2 amide bonds. The maximum Gasteiger partial charge on any atom is 0.238 e. The normalized spacial score (nSPS) is 16.5. The standard InChI is InChI=1S/C17H16FN3O4S/c18-11-3-6-13-14(8-16(22)21-15(13)7-11)17(23)20-9-10-1-4-12(5-2-10)26(19,24)25/h1-7,14H,8-9H2,(H,20,23)(H,21,22)(H2,19,24,25)/t14-/m1/s1. The van der Waals surface area contributed by atoms with Crippen molar-refractivity contribution < 1.29 is 22.4 Å². The molecule has 7 nitrogen and oxygen atoms in total. The molecule has 4 N–H and O–H groups in total. The van der Waals surface area contributed by atoms with Crippen molar-refractivity contribution in [2.45, 2.75) is 23.8 Å². The summed E-state index contributed by atoms with van der Waals surface area (Å²) in [5.41, 5.74) is 1.51. The molecule has 0 aromatic heterocycles. The minimum atomic E-state index is -3.77. The Labute approximate surface area is 149 Å². The smallest absolute Gasteiger partial charge is 0.238 e. The summed E-state index contributed by atoms with van der Waals surface area (Å²) >= 11 is 0. The van der Waals surface area contributed by atoms with Crippen LogP contribution in [0.5, 0.6) is 0 Å². The van der Waals surface area contributed by atoms with E-state index >= 15 is 0 Å². The zero-order chi connectivity index (χ0) is 18.9. The average Bonchev–Trinajstić information content (AvgIpc) is 2.58. The van der Waals surface area contributed by atoms with Crippen molar-refractivity contribution in [1.29, 1.82) is 0 Å². The number of nitrogens with two attached hydrogens (primary N) is 1. The molecule has 1 heterocycles. The first-order valence-corrected chi connectivity index (χ1v) is 9.27. The number of primary sulfonamides is 1. The molecule has 0 bridgehead atoms. The fourth-order valence-electron chi connectivity index (χ4n) is 2.78. The van der Waals surface area contributed by atoms with Crippen molar-refractivity contribution in [2.24, 2.45) is 5.14 Å². The molecule has 0 aliphatic carbocycles. The summed E-state index contributed by atoms with van der Waals surface area (Å²) in [4.78, 5) is 24.2. The summed E-state index contributed by atoms with van der Waals surface area (Å²) in [7, 11) is -3.77. The Bertz CT molecular complexity index is 974. The Balaban J connectivity index is 1.72. The number of carbonyl (C=O) groups is 2. The van der Waals surface area contributed by atoms with E-state index in [1.165, 1.54) is 42.5 Å². The zero-order valence-corrected chi connectivity index (χ0v) is 14.3. The Morgan fingerprint density at radius 2 is 1.92 bits per heavy atom. The maximum atomic E-state index is 13.3. The van der Waals surface area contributed by atoms with Gasteiger partial charge in [0.1, 0.15) is 5.82 Å². The van der Waals surface area contributed by atoms with Crippen LogP contribution in [-0.2, 0) is 26.2 Å². The van der Waals surface area contributed by atoms with Crippen LogP contribution < -0.4 is 15.8 Å². The summed E-state index contributed by atoms with van der Waals surface area (Å²) < 4.78 is 35.8. The molecule has 9 heteroatoms. The Hall–Kier alpha value is -2.78. The van der Waals surface area contributed by atoms with Gasteiger partial charge in [0.15, 0.2) is 0 Å². The minimum absolute atomic E-state index is 0.0208. The third-order valence-corrected chi connectivity index (χ3v) is 5.02. The maximum absolute atomic E-state index is 13.3. The SMILES string of the molecule is NS(=O)(=O)c1ccc(CNC(=O)[C@@H]2CC(=O)Nc3cc(F)ccc32)cc1. The van der Waals surface area contributed by atoms with Crippen LogP contribution in [0.4, 0.5) is 10.1 Å². The van der Waals surface area contributed by atoms with E-state index in [4.69, 9.17) is 5.14 Å². The first-order chi connectivity index (χ1) is 12.2. The fraction of sp³-hybridized carbons (Fsp3) is 0.176. The molecule has 0 saturated carbocycles. The second kappa shape index (κ2) is 6.85. The monoisotopic (exact) mass is 377 g/mol. The van der Waals surface area contributed by atoms with Crippen LogP contribution in [0.1, 0.15) is 23.5 Å². The van der Waals surface area contributed by atoms with E-state index < -0.39 is 21.8 Å². The van der Waals surface area contributed by atoms with E-state index in [1.807, 2.05) is 0 Å². The number of fused-ring (bicyclic) bond motifs is 1. The highest BCUT2D eigenvalue weighted by atomic mass is 32.2. The number of carbonyl (C=O) groups excluding carboxylic acids is 2. The molecule has 0 radical (unpaired) electrons. The van der Waals surface area contributed by atoms with Crippen LogP contribution in [0.2, 0.25) is 0 Å². The molecular weight excluding hydrogens is 361 g/mol. The van der Waals surface area contributed by atoms with Gasteiger partial charge in [0.2, 0.25) is 21.8 Å². The summed E-state index contributed by atoms with van der Waals surface area (Å²) in [6, 6.07) is 9.68. The number of halogens is 1. The number of amides is 2. The lowest BCUT2D eigenvalue weighted by molar-refractivity contribution is -0.126. The van der Waals surface area contributed by atoms with Crippen LogP contribution in [-0.4, -0.2) is 20.2 Å². The van der Waals surface area contributed by atoms with Gasteiger partial charge in [0.05, 0.1) is 10.8 Å². The molecule has 2 aromatic rings. The van der Waals surface area contributed by atoms with Crippen molar-refractivity contribution >= 4 is 27.5 Å². The molecule has 26 heavy (non-hydrogen) atoms. The van der Waals surface area contributed by atoms with Crippen LogP contribution >= 0.6 is 0 Å². The molecule has 1 atom stereocenters. The van der Waals surface area contributed by atoms with Crippen LogP contribution in [0.3, 0.4) is 0 Å². The highest BCUT2D eigenvalue weighted by Crippen LogP contribution is 2.32. The van der Waals surface area contributed by atoms with Gasteiger partial charge in [-0.3, -0.25) is 9.59 Å². The van der Waals surface area contributed by atoms with E-state index in [-0.39, 0.29) is 29.7 Å². The molecule has 136 valence electrons. The van der Waals surface area contributed by atoms with Crippen molar-refractivity contribution in [3.05, 3.63) is 59.4 Å². The predicted molar refractivity (Wildman–Crippen MR) is 92.0 cm³/mol. The summed E-state index contributed by atoms with van der Waals surface area (Å²) in [6.45, 7) is 0.151. The molecule has 2 aromatic carbocycles. The third-order valence-electron chi connectivity index (χ3n) is 4.09. The number of hydrogen-bond donors (Lipinski definition) is 3. The average molecular weight is 377 g/mol. The molecule has 1 aliphatic heterocycles. The topological polar surface area (TPSA) is 118 Å². The van der Waals surface area contributed by atoms with Crippen LogP contribution in [0.25, 0.3) is 0 Å². The molecule has 0 unspecified atom stereocenters. The van der Waals surface area contributed by atoms with Crippen molar-refractivity contribution in [3.63, 3.8) is 0 Å². The minimum Gasteiger partial charge on any atom is -0.351 e. The lowest BCUT2D eigenvalue weighted by atomic mass is 9.89. The molecule has 1 aliphatic rings. The Morgan fingerprint density at radius 1 is 1.23 bits per heavy atom. The molecular formula is C17H16FN3O4S. The van der Waals surface area contributed by atoms with Crippen molar-refractivity contribution in [3.8, 4) is 0 Å². The quantitative estimate of drug-likeness (QED) is 0.742. The van der Waals surface area contributed by atoms with Crippen LogP contribution in [0, 0.1) is 5.82 Å². The largest absolute Gasteiger partial charge is 0.351 e. The highest BCUT2D eigenvalue weighted by molar-refractivity contribution is 7.89. The first-order valence-electron chi connectivity index (χ1n) is 7.73. The molecule has 0 spiro atoms. The molecule has 0 saturated heterocycles. The first kappa shape index (κ1) is 18.0. The zero-order valence-electron chi connectivity index (χ0n) is 13.5. The van der Waals surface area contributed by atoms with Crippen molar-refractivity contribution in [1.82, 2.24) is 5.32 Å². The van der Waals surface area contributed by atoms with Gasteiger partial charge in [0, 0.05) is 18.7 Å². The predicted octanol–water partition coefficient (Wildman–Crippen LogP) is 1.22. The van der Waals surface area contributed by atoms with Gasteiger partial charge in [-0.05, 0) is 35.4 Å². The van der Waals surface area contributed by atoms with E-state index in [9.17, 15) is 22.4 Å². The Kier molecular flexibility index (Phi) is 4.75. The number of sulfonamides is 1. The third kappa shape index (κ3) is 3.89. The summed E-state index contributed by atoms with van der Waals surface area (Å²) in [5.74, 6) is -1.95. The summed E-state index contributed by atoms with van der Waals surface area (Å²) in [5, 5.41) is 10.3. The highest BCUT2D eigenvalue weighted by Gasteiger charge is 2.30. The van der Waals surface area contributed by atoms with E-state index in [0.717, 1.165) is 0 Å². The number of anilines is 1. The second-order valence-corrected chi connectivity index (χ2v) is 7.50. The van der Waals surface area contributed by atoms with E-state index in [0.29, 0.717) is 16.8 Å². The van der Waals surface area contributed by atoms with Gasteiger partial charge in [-0.1, -0.05) is 18.2 Å². The fourth-order valence-corrected chi connectivity index (χ4v) is 3.30. The number of hydrogen-bond acceptors (Lipinski definition) is 4. The lowest BCUT2D eigenvalue weighted by Crippen LogP contribution is -2.34.